The molecule has 3 nitrogen and oxygen atoms in total. The smallest absolute Gasteiger partial charge is 0.258 e. The molecule has 0 atom stereocenters. The molecular weight excluding hydrogens is 214 g/mol. The van der Waals surface area contributed by atoms with Crippen LogP contribution in [0.1, 0.15) is 18.9 Å². The summed E-state index contributed by atoms with van der Waals surface area (Å²) in [6.45, 7) is 2.00. The Bertz CT molecular complexity index is 388. The third kappa shape index (κ3) is 3.06. The van der Waals surface area contributed by atoms with E-state index < -0.39 is 4.92 Å². The van der Waals surface area contributed by atoms with Gasteiger partial charge >= 0.3 is 0 Å². The van der Waals surface area contributed by atoms with Gasteiger partial charge in [0.15, 0.2) is 0 Å². The zero-order valence-electron chi connectivity index (χ0n) is 8.44. The van der Waals surface area contributed by atoms with Gasteiger partial charge in [-0.25, -0.2) is 0 Å². The Balaban J connectivity index is 3.08. The predicted octanol–water partition coefficient (Wildman–Crippen LogP) is 3.63. The van der Waals surface area contributed by atoms with Crippen LogP contribution in [0.15, 0.2) is 30.3 Å². The van der Waals surface area contributed by atoms with Crippen LogP contribution >= 0.6 is 11.6 Å². The summed E-state index contributed by atoms with van der Waals surface area (Å²) in [5, 5.41) is 10.6. The van der Waals surface area contributed by atoms with Crippen LogP contribution in [-0.2, 0) is 0 Å². The van der Waals surface area contributed by atoms with E-state index in [1.54, 1.807) is 12.1 Å². The van der Waals surface area contributed by atoms with Crippen molar-refractivity contribution >= 4 is 22.9 Å². The van der Waals surface area contributed by atoms with Gasteiger partial charge in [-0.05, 0) is 17.6 Å². The zero-order valence-corrected chi connectivity index (χ0v) is 9.20. The minimum absolute atomic E-state index is 0.112. The summed E-state index contributed by atoms with van der Waals surface area (Å²) in [7, 11) is 0. The number of nitro benzene ring substituents is 1. The molecule has 1 aromatic carbocycles. The minimum Gasteiger partial charge on any atom is -0.258 e. The number of rotatable bonds is 4. The lowest BCUT2D eigenvalue weighted by atomic mass is 10.0. The lowest BCUT2D eigenvalue weighted by Gasteiger charge is -2.03. The van der Waals surface area contributed by atoms with E-state index >= 15 is 0 Å². The summed E-state index contributed by atoms with van der Waals surface area (Å²) < 4.78 is 0. The number of alkyl halides is 1. The molecule has 0 aliphatic heterocycles. The average Bonchev–Trinajstić information content (AvgIpc) is 2.26. The van der Waals surface area contributed by atoms with Crippen LogP contribution in [0, 0.1) is 10.1 Å². The van der Waals surface area contributed by atoms with E-state index in [2.05, 4.69) is 0 Å². The van der Waals surface area contributed by atoms with Crippen molar-refractivity contribution in [2.45, 2.75) is 13.3 Å². The van der Waals surface area contributed by atoms with Gasteiger partial charge in [0, 0.05) is 18.0 Å². The molecule has 0 heterocycles. The van der Waals surface area contributed by atoms with Gasteiger partial charge in [-0.3, -0.25) is 10.1 Å². The molecule has 0 aromatic heterocycles. The molecule has 1 rings (SSSR count). The van der Waals surface area contributed by atoms with E-state index in [9.17, 15) is 10.1 Å². The molecule has 80 valence electrons. The van der Waals surface area contributed by atoms with Crippen LogP contribution in [0.3, 0.4) is 0 Å². The Labute approximate surface area is 93.5 Å². The molecular formula is C11H12ClNO2. The molecule has 0 spiro atoms. The van der Waals surface area contributed by atoms with Crippen molar-refractivity contribution in [3.8, 4) is 0 Å². The minimum atomic E-state index is -0.391. The summed E-state index contributed by atoms with van der Waals surface area (Å²) in [6, 6.07) is 6.60. The quantitative estimate of drug-likeness (QED) is 0.446. The van der Waals surface area contributed by atoms with Gasteiger partial charge in [-0.15, -0.1) is 11.6 Å². The molecule has 0 aliphatic carbocycles. The van der Waals surface area contributed by atoms with Crippen LogP contribution < -0.4 is 0 Å². The van der Waals surface area contributed by atoms with E-state index in [1.165, 1.54) is 6.07 Å². The Morgan fingerprint density at radius 2 is 2.33 bits per heavy atom. The largest absolute Gasteiger partial charge is 0.270 e. The number of allylic oxidation sites excluding steroid dienone is 2. The lowest BCUT2D eigenvalue weighted by molar-refractivity contribution is -0.384. The average molecular weight is 226 g/mol. The van der Waals surface area contributed by atoms with E-state index in [-0.39, 0.29) is 5.69 Å². The van der Waals surface area contributed by atoms with Crippen molar-refractivity contribution in [3.63, 3.8) is 0 Å². The highest BCUT2D eigenvalue weighted by molar-refractivity contribution is 6.19. The maximum atomic E-state index is 10.6. The second kappa shape index (κ2) is 5.51. The third-order valence-electron chi connectivity index (χ3n) is 2.13. The van der Waals surface area contributed by atoms with Gasteiger partial charge in [0.05, 0.1) is 4.92 Å². The Morgan fingerprint density at radius 3 is 2.87 bits per heavy atom. The first-order valence-electron chi connectivity index (χ1n) is 4.68. The molecule has 0 aliphatic rings. The topological polar surface area (TPSA) is 43.1 Å². The molecule has 0 radical (unpaired) electrons. The monoisotopic (exact) mass is 225 g/mol. The van der Waals surface area contributed by atoms with E-state index in [0.717, 1.165) is 17.6 Å². The number of nitro groups is 1. The van der Waals surface area contributed by atoms with Crippen LogP contribution in [0.2, 0.25) is 0 Å². The fourth-order valence-electron chi connectivity index (χ4n) is 1.38. The molecule has 0 fully saturated rings. The number of hydrogen-bond donors (Lipinski definition) is 0. The summed E-state index contributed by atoms with van der Waals surface area (Å²) >= 11 is 5.62. The first-order chi connectivity index (χ1) is 7.19. The van der Waals surface area contributed by atoms with Crippen LogP contribution in [0.25, 0.3) is 5.57 Å². The van der Waals surface area contributed by atoms with Crippen molar-refractivity contribution in [1.29, 1.82) is 0 Å². The van der Waals surface area contributed by atoms with Crippen molar-refractivity contribution in [3.05, 3.63) is 46.0 Å². The predicted molar refractivity (Wildman–Crippen MR) is 62.1 cm³/mol. The SMILES string of the molecule is CC/C(=C/CCl)c1cccc([N+](=O)[O-])c1. The van der Waals surface area contributed by atoms with Crippen molar-refractivity contribution in [1.82, 2.24) is 0 Å². The van der Waals surface area contributed by atoms with Crippen molar-refractivity contribution < 1.29 is 4.92 Å². The van der Waals surface area contributed by atoms with E-state index in [0.29, 0.717) is 5.88 Å². The molecule has 0 saturated carbocycles. The summed E-state index contributed by atoms with van der Waals surface area (Å²) in [6.07, 6.45) is 2.69. The van der Waals surface area contributed by atoms with Gasteiger partial charge in [-0.1, -0.05) is 25.1 Å². The second-order valence-electron chi connectivity index (χ2n) is 3.04. The van der Waals surface area contributed by atoms with Crippen LogP contribution in [0.5, 0.6) is 0 Å². The first-order valence-corrected chi connectivity index (χ1v) is 5.22. The Morgan fingerprint density at radius 1 is 1.60 bits per heavy atom. The molecule has 0 saturated heterocycles. The van der Waals surface area contributed by atoms with E-state index in [1.807, 2.05) is 19.1 Å². The maximum Gasteiger partial charge on any atom is 0.270 e. The number of hydrogen-bond acceptors (Lipinski definition) is 2. The van der Waals surface area contributed by atoms with Crippen molar-refractivity contribution in [2.24, 2.45) is 0 Å². The fourth-order valence-corrected chi connectivity index (χ4v) is 1.56. The Kier molecular flexibility index (Phi) is 4.31. The van der Waals surface area contributed by atoms with Gasteiger partial charge in [-0.2, -0.15) is 0 Å². The van der Waals surface area contributed by atoms with Gasteiger partial charge in [0.1, 0.15) is 0 Å². The molecule has 1 aromatic rings. The zero-order chi connectivity index (χ0) is 11.3. The number of benzene rings is 1. The van der Waals surface area contributed by atoms with Gasteiger partial charge < -0.3 is 0 Å². The summed E-state index contributed by atoms with van der Waals surface area (Å²) in [5.74, 6) is 0.422. The van der Waals surface area contributed by atoms with Gasteiger partial charge in [0.2, 0.25) is 0 Å². The first kappa shape index (κ1) is 11.7. The van der Waals surface area contributed by atoms with Crippen molar-refractivity contribution in [2.75, 3.05) is 5.88 Å². The highest BCUT2D eigenvalue weighted by Gasteiger charge is 2.07. The third-order valence-corrected chi connectivity index (χ3v) is 2.29. The molecule has 0 unspecified atom stereocenters. The van der Waals surface area contributed by atoms with Gasteiger partial charge in [0.25, 0.3) is 5.69 Å². The fraction of sp³-hybridized carbons (Fsp3) is 0.273. The lowest BCUT2D eigenvalue weighted by Crippen LogP contribution is -1.90. The number of non-ortho nitro benzene ring substituents is 1. The van der Waals surface area contributed by atoms with E-state index in [4.69, 9.17) is 11.6 Å². The standard InChI is InChI=1S/C11H12ClNO2/c1-2-9(6-7-12)10-4-3-5-11(8-10)13(14)15/h3-6,8H,2,7H2,1H3/b9-6-. The molecule has 0 N–H and O–H groups in total. The summed E-state index contributed by atoms with van der Waals surface area (Å²) in [4.78, 5) is 10.2. The Hall–Kier alpha value is -1.35. The second-order valence-corrected chi connectivity index (χ2v) is 3.35. The van der Waals surface area contributed by atoms with Crippen LogP contribution in [-0.4, -0.2) is 10.8 Å². The number of nitrogens with zero attached hydrogens (tertiary/aromatic N) is 1. The molecule has 4 heteroatoms. The molecule has 0 bridgehead atoms. The highest BCUT2D eigenvalue weighted by atomic mass is 35.5. The van der Waals surface area contributed by atoms with Crippen LogP contribution in [0.4, 0.5) is 5.69 Å². The highest BCUT2D eigenvalue weighted by Crippen LogP contribution is 2.22. The number of halogens is 1. The molecule has 15 heavy (non-hydrogen) atoms. The summed E-state index contributed by atoms with van der Waals surface area (Å²) in [5.41, 5.74) is 2.02. The normalized spacial score (nSPS) is 11.5. The molecule has 0 amide bonds. The maximum absolute atomic E-state index is 10.6.